The minimum Gasteiger partial charge on any atom is -0.467 e. The van der Waals surface area contributed by atoms with Crippen molar-refractivity contribution in [1.29, 1.82) is 0 Å². The van der Waals surface area contributed by atoms with Crippen LogP contribution in [0.25, 0.3) is 0 Å². The van der Waals surface area contributed by atoms with Gasteiger partial charge in [0, 0.05) is 17.2 Å². The molecule has 1 saturated heterocycles. The van der Waals surface area contributed by atoms with Gasteiger partial charge in [-0.1, -0.05) is 0 Å². The number of carbonyl (C=O) groups is 2. The van der Waals surface area contributed by atoms with E-state index < -0.39 is 6.04 Å². The van der Waals surface area contributed by atoms with Crippen LogP contribution in [0.1, 0.15) is 29.8 Å². The molecule has 0 unspecified atom stereocenters. The topological polar surface area (TPSA) is 62.4 Å². The Bertz CT molecular complexity index is 458. The Morgan fingerprint density at radius 2 is 2.28 bits per heavy atom. The molecule has 0 bridgehead atoms. The van der Waals surface area contributed by atoms with Gasteiger partial charge >= 0.3 is 5.97 Å². The summed E-state index contributed by atoms with van der Waals surface area (Å²) in [5, 5.41) is 0. The van der Waals surface area contributed by atoms with Crippen molar-refractivity contribution in [2.45, 2.75) is 25.3 Å². The summed E-state index contributed by atoms with van der Waals surface area (Å²) in [7, 11) is 1.35. The molecule has 1 aromatic rings. The largest absolute Gasteiger partial charge is 0.467 e. The number of rotatable bonds is 2. The molecule has 98 valence electrons. The lowest BCUT2D eigenvalue weighted by molar-refractivity contribution is -0.147. The first kappa shape index (κ1) is 13.1. The molecule has 1 aromatic heterocycles. The van der Waals surface area contributed by atoms with Crippen molar-refractivity contribution in [3.8, 4) is 0 Å². The molecule has 2 heterocycles. The van der Waals surface area contributed by atoms with E-state index in [-0.39, 0.29) is 11.9 Å². The second-order valence-electron chi connectivity index (χ2n) is 4.26. The van der Waals surface area contributed by atoms with Gasteiger partial charge in [-0.2, -0.15) is 0 Å². The van der Waals surface area contributed by atoms with E-state index in [0.717, 1.165) is 17.3 Å². The predicted molar refractivity (Wildman–Crippen MR) is 69.2 cm³/mol. The summed E-state index contributed by atoms with van der Waals surface area (Å²) < 4.78 is 5.58. The average Bonchev–Trinajstić information content (AvgIpc) is 2.83. The molecule has 1 aliphatic heterocycles. The number of ether oxygens (including phenoxy) is 1. The minimum atomic E-state index is -0.460. The minimum absolute atomic E-state index is 0.157. The normalized spacial score (nSPS) is 19.7. The van der Waals surface area contributed by atoms with E-state index >= 15 is 0 Å². The summed E-state index contributed by atoms with van der Waals surface area (Å²) in [6.45, 7) is 0.592. The van der Waals surface area contributed by atoms with Crippen LogP contribution < -0.4 is 0 Å². The first-order valence-corrected chi connectivity index (χ1v) is 6.65. The molecule has 0 aromatic carbocycles. The van der Waals surface area contributed by atoms with Gasteiger partial charge < -0.3 is 14.6 Å². The van der Waals surface area contributed by atoms with Crippen LogP contribution in [-0.2, 0) is 9.53 Å². The molecule has 18 heavy (non-hydrogen) atoms. The SMILES string of the molecule is COC(=O)[C@H]1CCCCN1C(=O)c1cc(Br)c[nH]1. The fourth-order valence-corrected chi connectivity index (χ4v) is 2.55. The molecule has 1 amide bonds. The molecular weight excluding hydrogens is 300 g/mol. The number of likely N-dealkylation sites (tertiary alicyclic amines) is 1. The van der Waals surface area contributed by atoms with Gasteiger partial charge in [0.05, 0.1) is 7.11 Å². The number of aromatic amines is 1. The third kappa shape index (κ3) is 2.58. The zero-order chi connectivity index (χ0) is 13.1. The van der Waals surface area contributed by atoms with Gasteiger partial charge in [0.1, 0.15) is 11.7 Å². The summed E-state index contributed by atoms with van der Waals surface area (Å²) in [6, 6.07) is 1.25. The summed E-state index contributed by atoms with van der Waals surface area (Å²) in [5.74, 6) is -0.496. The highest BCUT2D eigenvalue weighted by molar-refractivity contribution is 9.10. The molecule has 1 fully saturated rings. The molecule has 1 atom stereocenters. The summed E-state index contributed by atoms with van der Waals surface area (Å²) in [5.41, 5.74) is 0.484. The molecule has 0 saturated carbocycles. The Labute approximate surface area is 114 Å². The molecule has 6 heteroatoms. The monoisotopic (exact) mass is 314 g/mol. The van der Waals surface area contributed by atoms with Crippen LogP contribution in [0.2, 0.25) is 0 Å². The Hall–Kier alpha value is -1.30. The lowest BCUT2D eigenvalue weighted by atomic mass is 10.0. The van der Waals surface area contributed by atoms with Crippen molar-refractivity contribution in [2.24, 2.45) is 0 Å². The van der Waals surface area contributed by atoms with E-state index in [9.17, 15) is 9.59 Å². The quantitative estimate of drug-likeness (QED) is 0.849. The predicted octanol–water partition coefficient (Wildman–Crippen LogP) is 1.94. The van der Waals surface area contributed by atoms with Crippen molar-refractivity contribution < 1.29 is 14.3 Å². The summed E-state index contributed by atoms with van der Waals surface area (Å²) in [6.07, 6.45) is 4.23. The Morgan fingerprint density at radius 3 is 2.89 bits per heavy atom. The molecule has 5 nitrogen and oxygen atoms in total. The van der Waals surface area contributed by atoms with Crippen molar-refractivity contribution in [3.63, 3.8) is 0 Å². The van der Waals surface area contributed by atoms with Crippen LogP contribution in [0.4, 0.5) is 0 Å². The van der Waals surface area contributed by atoms with Gasteiger partial charge in [0.25, 0.3) is 5.91 Å². The molecule has 0 radical (unpaired) electrons. The van der Waals surface area contributed by atoms with Crippen molar-refractivity contribution in [2.75, 3.05) is 13.7 Å². The number of nitrogens with zero attached hydrogens (tertiary/aromatic N) is 1. The smallest absolute Gasteiger partial charge is 0.328 e. The molecule has 0 aliphatic carbocycles. The van der Waals surface area contributed by atoms with Crippen LogP contribution in [0.5, 0.6) is 0 Å². The molecular formula is C12H15BrN2O3. The lowest BCUT2D eigenvalue weighted by Crippen LogP contribution is -2.48. The average molecular weight is 315 g/mol. The highest BCUT2D eigenvalue weighted by atomic mass is 79.9. The number of halogens is 1. The van der Waals surface area contributed by atoms with E-state index in [0.29, 0.717) is 18.7 Å². The maximum atomic E-state index is 12.3. The molecule has 1 aliphatic rings. The first-order valence-electron chi connectivity index (χ1n) is 5.86. The fourth-order valence-electron chi connectivity index (χ4n) is 2.20. The van der Waals surface area contributed by atoms with Crippen LogP contribution >= 0.6 is 15.9 Å². The van der Waals surface area contributed by atoms with Gasteiger partial charge in [-0.25, -0.2) is 4.79 Å². The number of carbonyl (C=O) groups excluding carboxylic acids is 2. The number of hydrogen-bond acceptors (Lipinski definition) is 3. The van der Waals surface area contributed by atoms with E-state index in [4.69, 9.17) is 4.74 Å². The summed E-state index contributed by atoms with van der Waals surface area (Å²) in [4.78, 5) is 28.5. The maximum absolute atomic E-state index is 12.3. The standard InChI is InChI=1S/C12H15BrN2O3/c1-18-12(17)10-4-2-3-5-15(10)11(16)9-6-8(13)7-14-9/h6-7,10,14H,2-5H2,1H3/t10-/m1/s1. The zero-order valence-electron chi connectivity index (χ0n) is 10.1. The number of piperidine rings is 1. The van der Waals surface area contributed by atoms with Crippen LogP contribution in [0.15, 0.2) is 16.7 Å². The van der Waals surface area contributed by atoms with Gasteiger partial charge in [0.15, 0.2) is 0 Å². The lowest BCUT2D eigenvalue weighted by Gasteiger charge is -2.33. The van der Waals surface area contributed by atoms with E-state index in [1.807, 2.05) is 0 Å². The highest BCUT2D eigenvalue weighted by Crippen LogP contribution is 2.21. The Kier molecular flexibility index (Phi) is 4.06. The fraction of sp³-hybridized carbons (Fsp3) is 0.500. The molecule has 1 N–H and O–H groups in total. The molecule has 0 spiro atoms. The van der Waals surface area contributed by atoms with Gasteiger partial charge in [0.2, 0.25) is 0 Å². The number of nitrogens with one attached hydrogen (secondary N) is 1. The zero-order valence-corrected chi connectivity index (χ0v) is 11.7. The van der Waals surface area contributed by atoms with Gasteiger partial charge in [-0.15, -0.1) is 0 Å². The first-order chi connectivity index (χ1) is 8.63. The Morgan fingerprint density at radius 1 is 1.50 bits per heavy atom. The maximum Gasteiger partial charge on any atom is 0.328 e. The van der Waals surface area contributed by atoms with Crippen LogP contribution in [0.3, 0.4) is 0 Å². The number of esters is 1. The van der Waals surface area contributed by atoms with Crippen molar-refractivity contribution >= 4 is 27.8 Å². The summed E-state index contributed by atoms with van der Waals surface area (Å²) >= 11 is 3.29. The highest BCUT2D eigenvalue weighted by Gasteiger charge is 2.33. The number of H-pyrrole nitrogens is 1. The van der Waals surface area contributed by atoms with Crippen molar-refractivity contribution in [1.82, 2.24) is 9.88 Å². The number of aromatic nitrogens is 1. The molecule has 2 rings (SSSR count). The number of amides is 1. The van der Waals surface area contributed by atoms with E-state index in [2.05, 4.69) is 20.9 Å². The van der Waals surface area contributed by atoms with E-state index in [1.54, 1.807) is 17.2 Å². The van der Waals surface area contributed by atoms with Crippen LogP contribution in [-0.4, -0.2) is 41.5 Å². The van der Waals surface area contributed by atoms with Crippen molar-refractivity contribution in [3.05, 3.63) is 22.4 Å². The van der Waals surface area contributed by atoms with Gasteiger partial charge in [-0.05, 0) is 41.3 Å². The number of hydrogen-bond donors (Lipinski definition) is 1. The Balaban J connectivity index is 2.18. The number of methoxy groups -OCH3 is 1. The van der Waals surface area contributed by atoms with E-state index in [1.165, 1.54) is 7.11 Å². The van der Waals surface area contributed by atoms with Crippen LogP contribution in [0, 0.1) is 0 Å². The third-order valence-electron chi connectivity index (χ3n) is 3.12. The second-order valence-corrected chi connectivity index (χ2v) is 5.18. The second kappa shape index (κ2) is 5.56. The third-order valence-corrected chi connectivity index (χ3v) is 3.57. The van der Waals surface area contributed by atoms with Gasteiger partial charge in [-0.3, -0.25) is 4.79 Å².